The molecule has 1 aliphatic heterocycles. The lowest BCUT2D eigenvalue weighted by Gasteiger charge is -2.44. The second kappa shape index (κ2) is 16.4. The van der Waals surface area contributed by atoms with E-state index in [1.54, 1.807) is 36.4 Å². The molecule has 2 amide bonds. The molecule has 4 rings (SSSR count). The summed E-state index contributed by atoms with van der Waals surface area (Å²) in [6, 6.07) is 13.0. The lowest BCUT2D eigenvalue weighted by atomic mass is 9.74. The maximum atomic E-state index is 13.3. The lowest BCUT2D eigenvalue weighted by molar-refractivity contribution is -0.172. The van der Waals surface area contributed by atoms with E-state index in [2.05, 4.69) is 12.2 Å². The Labute approximate surface area is 274 Å². The number of carbonyl (C=O) groups excluding carboxylic acids is 1. The Morgan fingerprint density at radius 1 is 1.26 bits per heavy atom. The molecule has 8 nitrogen and oxygen atoms in total. The summed E-state index contributed by atoms with van der Waals surface area (Å²) in [5, 5.41) is 23.0. The number of alkyl halides is 3. The summed E-state index contributed by atoms with van der Waals surface area (Å²) in [6.45, 7) is 7.76. The molecule has 0 spiro atoms. The largest absolute Gasteiger partial charge is 0.400 e. The number of hydrogen-bond acceptors (Lipinski definition) is 6. The van der Waals surface area contributed by atoms with Crippen molar-refractivity contribution < 1.29 is 27.8 Å². The highest BCUT2D eigenvalue weighted by atomic mass is 35.5. The quantitative estimate of drug-likeness (QED) is 0.161. The molecule has 1 saturated carbocycles. The van der Waals surface area contributed by atoms with Crippen LogP contribution in [0.25, 0.3) is 0 Å². The van der Waals surface area contributed by atoms with E-state index >= 15 is 0 Å². The van der Waals surface area contributed by atoms with Gasteiger partial charge in [0.05, 0.1) is 30.4 Å². The van der Waals surface area contributed by atoms with Crippen molar-refractivity contribution in [1.29, 1.82) is 5.41 Å². The number of amides is 2. The van der Waals surface area contributed by atoms with Crippen molar-refractivity contribution in [2.75, 3.05) is 19.7 Å². The summed E-state index contributed by atoms with van der Waals surface area (Å²) in [4.78, 5) is 18.8. The lowest BCUT2D eigenvalue weighted by Crippen LogP contribution is -2.53. The maximum absolute atomic E-state index is 13.3. The van der Waals surface area contributed by atoms with Crippen molar-refractivity contribution in [3.63, 3.8) is 0 Å². The monoisotopic (exact) mass is 663 g/mol. The highest BCUT2D eigenvalue weighted by Gasteiger charge is 2.45. The second-order valence-electron chi connectivity index (χ2n) is 11.4. The first-order valence-corrected chi connectivity index (χ1v) is 16.1. The molecule has 46 heavy (non-hydrogen) atoms. The Bertz CT molecular complexity index is 1410. The fourth-order valence-electron chi connectivity index (χ4n) is 5.35. The fraction of sp³-hybridized carbons (Fsp3) is 0.500. The van der Waals surface area contributed by atoms with Crippen LogP contribution in [0, 0.1) is 5.41 Å². The number of amidine groups is 1. The highest BCUT2D eigenvalue weighted by Crippen LogP contribution is 2.39. The van der Waals surface area contributed by atoms with Crippen molar-refractivity contribution in [1.82, 2.24) is 10.2 Å². The molecule has 12 heteroatoms. The zero-order chi connectivity index (χ0) is 34.1. The van der Waals surface area contributed by atoms with E-state index in [1.165, 1.54) is 0 Å². The number of nitrogens with one attached hydrogen (secondary N) is 2. The van der Waals surface area contributed by atoms with Gasteiger partial charge in [-0.15, -0.1) is 0 Å². The van der Waals surface area contributed by atoms with E-state index in [1.807, 2.05) is 32.9 Å². The third-order valence-corrected chi connectivity index (χ3v) is 8.55. The zero-order valence-corrected chi connectivity index (χ0v) is 27.6. The van der Waals surface area contributed by atoms with Crippen molar-refractivity contribution >= 4 is 34.9 Å². The minimum atomic E-state index is -4.52. The Morgan fingerprint density at radius 2 is 1.93 bits per heavy atom. The van der Waals surface area contributed by atoms with Crippen LogP contribution in [0.1, 0.15) is 83.3 Å². The van der Waals surface area contributed by atoms with Gasteiger partial charge in [0, 0.05) is 41.6 Å². The smallest absolute Gasteiger partial charge is 0.390 e. The molecular formula is C34H45ClF3N5O3. The highest BCUT2D eigenvalue weighted by molar-refractivity contribution is 6.30. The first-order valence-electron chi connectivity index (χ1n) is 15.8. The van der Waals surface area contributed by atoms with Crippen molar-refractivity contribution in [3.8, 4) is 0 Å². The van der Waals surface area contributed by atoms with Crippen LogP contribution < -0.4 is 11.1 Å². The zero-order valence-electron chi connectivity index (χ0n) is 26.9. The van der Waals surface area contributed by atoms with Gasteiger partial charge in [-0.25, -0.2) is 4.79 Å². The molecule has 2 fully saturated rings. The summed E-state index contributed by atoms with van der Waals surface area (Å²) in [7, 11) is 0. The number of nitrogens with zero attached hydrogens (tertiary/aromatic N) is 2. The number of benzene rings is 2. The molecule has 0 bridgehead atoms. The molecule has 0 aromatic heterocycles. The fourth-order valence-corrected chi connectivity index (χ4v) is 5.53. The van der Waals surface area contributed by atoms with E-state index in [0.717, 1.165) is 23.3 Å². The van der Waals surface area contributed by atoms with Gasteiger partial charge in [-0.1, -0.05) is 69.6 Å². The third kappa shape index (κ3) is 9.80. The third-order valence-electron chi connectivity index (χ3n) is 8.32. The Balaban J connectivity index is 0.00000282. The molecule has 3 unspecified atom stereocenters. The molecule has 5 N–H and O–H groups in total. The molecule has 1 saturated heterocycles. The van der Waals surface area contributed by atoms with Crippen LogP contribution in [0.4, 0.5) is 23.7 Å². The number of halogens is 4. The number of hydrogen-bond donors (Lipinski definition) is 4. The first kappa shape index (κ1) is 37.1. The van der Waals surface area contributed by atoms with Gasteiger partial charge in [0.15, 0.2) is 0 Å². The minimum absolute atomic E-state index is 0.170. The topological polar surface area (TPSA) is 124 Å². The molecule has 2 aromatic carbocycles. The van der Waals surface area contributed by atoms with E-state index < -0.39 is 30.8 Å². The number of aliphatic hydroxyl groups is 1. The Kier molecular flexibility index (Phi) is 13.2. The number of aliphatic imine (C=N–C) groups is 1. The van der Waals surface area contributed by atoms with Crippen LogP contribution in [-0.4, -0.2) is 65.2 Å². The average Bonchev–Trinajstić information content (AvgIpc) is 2.99. The predicted molar refractivity (Wildman–Crippen MR) is 177 cm³/mol. The Morgan fingerprint density at radius 3 is 2.50 bits per heavy atom. The van der Waals surface area contributed by atoms with E-state index in [4.69, 9.17) is 32.5 Å². The van der Waals surface area contributed by atoms with Crippen LogP contribution >= 0.6 is 11.6 Å². The standard InChI is InChI=1S/C32H39ClF3N5O3.C2H6/c1-3-20(2)21-7-9-22(10-8-21)29(38)41(15-14-32(34,35)36)30(42)39-19-26(37)25-11-13-31(43,28-12-16-44-28)18-27(25)40-24-6-4-5-23(33)17-24;1-2/h4-10,17,20,28,38,43H,3,11-16,18-19,37H2,1-2H3,(H,39,42);1-2H3/b26-25-,38-29?,40-27?;. The first-order chi connectivity index (χ1) is 21.8. The molecule has 0 radical (unpaired) electrons. The molecule has 252 valence electrons. The van der Waals surface area contributed by atoms with Gasteiger partial charge in [-0.3, -0.25) is 15.3 Å². The SMILES string of the molecule is CC.CCC(C)c1ccc(C(=N)N(CCC(F)(F)F)C(=O)NC/C(N)=C2\CCC(O)(C3CCO3)CC2=Nc2cccc(Cl)c2)cc1. The van der Waals surface area contributed by atoms with Crippen LogP contribution in [-0.2, 0) is 4.74 Å². The van der Waals surface area contributed by atoms with Crippen LogP contribution in [0.3, 0.4) is 0 Å². The summed E-state index contributed by atoms with van der Waals surface area (Å²) < 4.78 is 45.1. The van der Waals surface area contributed by atoms with Crippen LogP contribution in [0.5, 0.6) is 0 Å². The summed E-state index contributed by atoms with van der Waals surface area (Å²) in [6.07, 6.45) is -3.58. The van der Waals surface area contributed by atoms with Crippen molar-refractivity contribution in [3.05, 3.63) is 76.0 Å². The molecule has 1 heterocycles. The average molecular weight is 664 g/mol. The van der Waals surface area contributed by atoms with Gasteiger partial charge in [-0.05, 0) is 60.9 Å². The van der Waals surface area contributed by atoms with Gasteiger partial charge >= 0.3 is 12.2 Å². The summed E-state index contributed by atoms with van der Waals surface area (Å²) >= 11 is 6.15. The van der Waals surface area contributed by atoms with E-state index in [9.17, 15) is 23.1 Å². The predicted octanol–water partition coefficient (Wildman–Crippen LogP) is 7.86. The molecule has 3 atom stereocenters. The summed E-state index contributed by atoms with van der Waals surface area (Å²) in [5.41, 5.74) is 8.66. The van der Waals surface area contributed by atoms with Gasteiger partial charge < -0.3 is 20.9 Å². The maximum Gasteiger partial charge on any atom is 0.390 e. The molecule has 2 aliphatic rings. The van der Waals surface area contributed by atoms with Crippen LogP contribution in [0.15, 0.2) is 64.8 Å². The van der Waals surface area contributed by atoms with Crippen molar-refractivity contribution in [2.24, 2.45) is 10.7 Å². The number of urea groups is 1. The number of carbonyl (C=O) groups is 1. The number of rotatable bonds is 9. The molecule has 2 aromatic rings. The second-order valence-corrected chi connectivity index (χ2v) is 11.9. The number of ether oxygens (including phenoxy) is 1. The minimum Gasteiger partial charge on any atom is -0.400 e. The number of allylic oxidation sites excluding steroid dienone is 1. The van der Waals surface area contributed by atoms with Crippen molar-refractivity contribution in [2.45, 2.75) is 90.0 Å². The van der Waals surface area contributed by atoms with Gasteiger partial charge in [0.1, 0.15) is 5.84 Å². The van der Waals surface area contributed by atoms with Crippen LogP contribution in [0.2, 0.25) is 5.02 Å². The molecular weight excluding hydrogens is 619 g/mol. The van der Waals surface area contributed by atoms with Gasteiger partial charge in [0.2, 0.25) is 0 Å². The number of nitrogens with two attached hydrogens (primary N) is 1. The van der Waals surface area contributed by atoms with E-state index in [0.29, 0.717) is 47.0 Å². The van der Waals surface area contributed by atoms with E-state index in [-0.39, 0.29) is 36.5 Å². The van der Waals surface area contributed by atoms with Gasteiger partial charge in [0.25, 0.3) is 0 Å². The molecule has 1 aliphatic carbocycles. The summed E-state index contributed by atoms with van der Waals surface area (Å²) in [5.74, 6) is -0.0664. The van der Waals surface area contributed by atoms with Gasteiger partial charge in [-0.2, -0.15) is 13.2 Å². The Hall–Kier alpha value is -3.41. The normalized spacial score (nSPS) is 22.2.